The molecule has 5 heteroatoms. The van der Waals surface area contributed by atoms with Crippen molar-refractivity contribution < 1.29 is 0 Å². The van der Waals surface area contributed by atoms with Gasteiger partial charge in [-0.25, -0.2) is 0 Å². The predicted octanol–water partition coefficient (Wildman–Crippen LogP) is 3.79. The van der Waals surface area contributed by atoms with E-state index in [2.05, 4.69) is 21.7 Å². The molecule has 0 aromatic carbocycles. The van der Waals surface area contributed by atoms with E-state index in [4.69, 9.17) is 12.2 Å². The summed E-state index contributed by atoms with van der Waals surface area (Å²) in [5, 5.41) is 0. The van der Waals surface area contributed by atoms with E-state index in [0.717, 1.165) is 21.4 Å². The molecular formula is C13H12N2S3. The van der Waals surface area contributed by atoms with Crippen LogP contribution in [0.1, 0.15) is 11.3 Å². The molecule has 0 fully saturated rings. The molecule has 3 rings (SSSR count). The van der Waals surface area contributed by atoms with Crippen LogP contribution in [0.25, 0.3) is 11.3 Å². The maximum absolute atomic E-state index is 5.45. The lowest BCUT2D eigenvalue weighted by atomic mass is 10.2. The number of nitrogens with zero attached hydrogens (tertiary/aromatic N) is 2. The second kappa shape index (κ2) is 5.07. The van der Waals surface area contributed by atoms with Gasteiger partial charge in [0.1, 0.15) is 0 Å². The van der Waals surface area contributed by atoms with Gasteiger partial charge in [0.2, 0.25) is 0 Å². The van der Waals surface area contributed by atoms with Crippen LogP contribution in [0.15, 0.2) is 30.6 Å². The van der Waals surface area contributed by atoms with Crippen molar-refractivity contribution in [3.05, 3.63) is 41.9 Å². The van der Waals surface area contributed by atoms with Gasteiger partial charge in [-0.2, -0.15) is 0 Å². The summed E-state index contributed by atoms with van der Waals surface area (Å²) in [6.45, 7) is 0. The molecule has 0 radical (unpaired) electrons. The average molecular weight is 292 g/mol. The van der Waals surface area contributed by atoms with Crippen LogP contribution in [0.4, 0.5) is 0 Å². The molecule has 3 heterocycles. The number of aromatic nitrogens is 2. The molecule has 0 aliphatic carbocycles. The summed E-state index contributed by atoms with van der Waals surface area (Å²) in [6.07, 6.45) is 5.76. The van der Waals surface area contributed by atoms with Crippen molar-refractivity contribution in [1.82, 2.24) is 9.55 Å². The Bertz CT molecular complexity index is 590. The monoisotopic (exact) mass is 292 g/mol. The highest BCUT2D eigenvalue weighted by Crippen LogP contribution is 2.36. The Balaban J connectivity index is 2.15. The second-order valence-electron chi connectivity index (χ2n) is 4.03. The molecule has 92 valence electrons. The lowest BCUT2D eigenvalue weighted by Crippen LogP contribution is -1.97. The summed E-state index contributed by atoms with van der Waals surface area (Å²) in [7, 11) is 0. The lowest BCUT2D eigenvalue weighted by Gasteiger charge is -2.04. The molecule has 0 saturated carbocycles. The molecule has 0 unspecified atom stereocenters. The molecule has 0 amide bonds. The molecule has 1 aliphatic rings. The van der Waals surface area contributed by atoms with Gasteiger partial charge in [-0.3, -0.25) is 4.98 Å². The number of thioether (sulfide) groups is 2. The van der Waals surface area contributed by atoms with Gasteiger partial charge in [-0.15, -0.1) is 23.5 Å². The van der Waals surface area contributed by atoms with Crippen LogP contribution in [0.3, 0.4) is 0 Å². The molecule has 1 aliphatic heterocycles. The first-order valence-electron chi connectivity index (χ1n) is 5.60. The molecule has 2 aromatic heterocycles. The predicted molar refractivity (Wildman–Crippen MR) is 84.2 cm³/mol. The number of hydrogen-bond acceptors (Lipinski definition) is 4. The van der Waals surface area contributed by atoms with E-state index in [1.807, 2.05) is 30.3 Å². The number of fused-ring (bicyclic) bond motifs is 1. The highest BCUT2D eigenvalue weighted by molar-refractivity contribution is 8.23. The molecule has 0 spiro atoms. The van der Waals surface area contributed by atoms with Crippen LogP contribution >= 0.6 is 35.7 Å². The average Bonchev–Trinajstić information content (AvgIpc) is 3.00. The minimum Gasteiger partial charge on any atom is -0.333 e. The summed E-state index contributed by atoms with van der Waals surface area (Å²) in [4.78, 5) is 4.20. The SMILES string of the molecule is CSC(=S)c1cc(-c2cccnc2)n2c1CSC2. The van der Waals surface area contributed by atoms with Gasteiger partial charge in [0.05, 0.1) is 15.8 Å². The minimum absolute atomic E-state index is 0.983. The molecule has 0 atom stereocenters. The number of hydrogen-bond donors (Lipinski definition) is 0. The summed E-state index contributed by atoms with van der Waals surface area (Å²) in [6, 6.07) is 6.29. The van der Waals surface area contributed by atoms with Crippen molar-refractivity contribution in [2.75, 3.05) is 6.26 Å². The maximum atomic E-state index is 5.45. The Labute approximate surface area is 120 Å². The standard InChI is InChI=1S/C13H12N2S3/c1-17-13(16)10-5-11(9-3-2-4-14-6-9)15-8-18-7-12(10)15/h2-6H,7-8H2,1H3. The van der Waals surface area contributed by atoms with Crippen molar-refractivity contribution in [2.24, 2.45) is 0 Å². The normalized spacial score (nSPS) is 13.6. The van der Waals surface area contributed by atoms with Crippen molar-refractivity contribution >= 4 is 39.9 Å². The lowest BCUT2D eigenvalue weighted by molar-refractivity contribution is 0.895. The fourth-order valence-electron chi connectivity index (χ4n) is 2.17. The van der Waals surface area contributed by atoms with E-state index in [-0.39, 0.29) is 0 Å². The highest BCUT2D eigenvalue weighted by Gasteiger charge is 2.22. The van der Waals surface area contributed by atoms with Crippen molar-refractivity contribution in [2.45, 2.75) is 11.6 Å². The van der Waals surface area contributed by atoms with Gasteiger partial charge >= 0.3 is 0 Å². The fourth-order valence-corrected chi connectivity index (χ4v) is 3.81. The number of pyridine rings is 1. The van der Waals surface area contributed by atoms with Gasteiger partial charge < -0.3 is 4.57 Å². The zero-order valence-corrected chi connectivity index (χ0v) is 12.4. The van der Waals surface area contributed by atoms with Gasteiger partial charge in [0.15, 0.2) is 0 Å². The largest absolute Gasteiger partial charge is 0.333 e. The zero-order chi connectivity index (χ0) is 12.5. The number of thiocarbonyl (C=S) groups is 1. The Hall–Kier alpha value is -0.780. The van der Waals surface area contributed by atoms with Crippen LogP contribution in [-0.4, -0.2) is 20.0 Å². The van der Waals surface area contributed by atoms with E-state index < -0.39 is 0 Å². The molecule has 18 heavy (non-hydrogen) atoms. The molecule has 0 saturated heterocycles. The quantitative estimate of drug-likeness (QED) is 0.783. The van der Waals surface area contributed by atoms with Gasteiger partial charge in [0, 0.05) is 35.0 Å². The highest BCUT2D eigenvalue weighted by atomic mass is 32.2. The summed E-state index contributed by atoms with van der Waals surface area (Å²) < 4.78 is 3.34. The van der Waals surface area contributed by atoms with E-state index in [0.29, 0.717) is 0 Å². The Morgan fingerprint density at radius 2 is 2.44 bits per heavy atom. The first-order valence-corrected chi connectivity index (χ1v) is 8.39. The van der Waals surface area contributed by atoms with Crippen LogP contribution < -0.4 is 0 Å². The molecule has 2 nitrogen and oxygen atoms in total. The Morgan fingerprint density at radius 3 is 3.17 bits per heavy atom. The Kier molecular flexibility index (Phi) is 3.46. The van der Waals surface area contributed by atoms with Gasteiger partial charge in [-0.05, 0) is 24.5 Å². The molecule has 2 aromatic rings. The van der Waals surface area contributed by atoms with E-state index >= 15 is 0 Å². The first kappa shape index (κ1) is 12.3. The third-order valence-electron chi connectivity index (χ3n) is 3.03. The zero-order valence-electron chi connectivity index (χ0n) is 9.92. The topological polar surface area (TPSA) is 17.8 Å². The summed E-state index contributed by atoms with van der Waals surface area (Å²) >= 11 is 9.03. The van der Waals surface area contributed by atoms with Gasteiger partial charge in [-0.1, -0.05) is 12.2 Å². The summed E-state index contributed by atoms with van der Waals surface area (Å²) in [5.41, 5.74) is 4.98. The van der Waals surface area contributed by atoms with Crippen LogP contribution in [0, 0.1) is 0 Å². The molecular weight excluding hydrogens is 280 g/mol. The van der Waals surface area contributed by atoms with Crippen LogP contribution in [0.5, 0.6) is 0 Å². The molecule has 0 N–H and O–H groups in total. The van der Waals surface area contributed by atoms with Gasteiger partial charge in [0.25, 0.3) is 0 Å². The first-order chi connectivity index (χ1) is 8.81. The Morgan fingerprint density at radius 1 is 1.56 bits per heavy atom. The third-order valence-corrected chi connectivity index (χ3v) is 5.26. The molecule has 0 bridgehead atoms. The minimum atomic E-state index is 0.983. The van der Waals surface area contributed by atoms with Crippen molar-refractivity contribution in [3.8, 4) is 11.3 Å². The second-order valence-corrected chi connectivity index (χ2v) is 6.47. The van der Waals surface area contributed by atoms with E-state index in [1.165, 1.54) is 17.0 Å². The smallest absolute Gasteiger partial charge is 0.0794 e. The van der Waals surface area contributed by atoms with Crippen LogP contribution in [-0.2, 0) is 11.6 Å². The van der Waals surface area contributed by atoms with Crippen molar-refractivity contribution in [3.63, 3.8) is 0 Å². The number of rotatable bonds is 2. The van der Waals surface area contributed by atoms with Crippen LogP contribution in [0.2, 0.25) is 0 Å². The fraction of sp³-hybridized carbons (Fsp3) is 0.231. The van der Waals surface area contributed by atoms with Crippen molar-refractivity contribution in [1.29, 1.82) is 0 Å². The maximum Gasteiger partial charge on any atom is 0.0794 e. The van der Waals surface area contributed by atoms with E-state index in [9.17, 15) is 0 Å². The summed E-state index contributed by atoms with van der Waals surface area (Å²) in [5.74, 6) is 2.06. The van der Waals surface area contributed by atoms with E-state index in [1.54, 1.807) is 18.0 Å². The third kappa shape index (κ3) is 2.00.